The molecular weight excluding hydrogens is 144 g/mol. The first-order chi connectivity index (χ1) is 5.27. The van der Waals surface area contributed by atoms with Gasteiger partial charge in [0.05, 0.1) is 6.10 Å². The zero-order valence-electron chi connectivity index (χ0n) is 6.91. The van der Waals surface area contributed by atoms with Gasteiger partial charge in [-0.05, 0) is 18.4 Å². The highest BCUT2D eigenvalue weighted by atomic mass is 16.7. The van der Waals surface area contributed by atoms with Crippen LogP contribution in [-0.2, 0) is 9.47 Å². The number of aliphatic hydroxyl groups excluding tert-OH is 1. The number of methoxy groups -OCH3 is 2. The molecule has 1 rings (SSSR count). The Hall–Kier alpha value is -0.380. The quantitative estimate of drug-likeness (QED) is 0.485. The minimum Gasteiger partial charge on any atom is -0.389 e. The van der Waals surface area contributed by atoms with E-state index in [4.69, 9.17) is 14.6 Å². The second-order valence-electron chi connectivity index (χ2n) is 2.65. The topological polar surface area (TPSA) is 38.7 Å². The maximum atomic E-state index is 9.15. The molecule has 1 atom stereocenters. The van der Waals surface area contributed by atoms with Crippen molar-refractivity contribution in [2.24, 2.45) is 0 Å². The summed E-state index contributed by atoms with van der Waals surface area (Å²) in [6.07, 6.45) is 2.88. The van der Waals surface area contributed by atoms with Crippen molar-refractivity contribution in [2.45, 2.75) is 25.2 Å². The highest BCUT2D eigenvalue weighted by molar-refractivity contribution is 5.14. The van der Waals surface area contributed by atoms with E-state index in [1.165, 1.54) is 0 Å². The normalized spacial score (nSPS) is 24.4. The fourth-order valence-corrected chi connectivity index (χ4v) is 1.32. The summed E-state index contributed by atoms with van der Waals surface area (Å²) in [6.45, 7) is 0. The number of hydrogen-bond acceptors (Lipinski definition) is 3. The zero-order chi connectivity index (χ0) is 8.27. The van der Waals surface area contributed by atoms with Crippen molar-refractivity contribution in [1.29, 1.82) is 0 Å². The molecule has 3 nitrogen and oxygen atoms in total. The molecule has 0 aliphatic heterocycles. The van der Waals surface area contributed by atoms with Gasteiger partial charge in [-0.2, -0.15) is 0 Å². The Labute approximate surface area is 66.6 Å². The molecular formula is C8H14O3. The minimum atomic E-state index is -0.308. The maximum absolute atomic E-state index is 9.15. The van der Waals surface area contributed by atoms with E-state index in [9.17, 15) is 0 Å². The van der Waals surface area contributed by atoms with Gasteiger partial charge in [-0.1, -0.05) is 6.08 Å². The first-order valence-corrected chi connectivity index (χ1v) is 3.72. The second kappa shape index (κ2) is 3.85. The van der Waals surface area contributed by atoms with Gasteiger partial charge in [0.2, 0.25) is 0 Å². The molecule has 0 saturated heterocycles. The summed E-state index contributed by atoms with van der Waals surface area (Å²) >= 11 is 0. The summed E-state index contributed by atoms with van der Waals surface area (Å²) in [5.41, 5.74) is 1.04. The van der Waals surface area contributed by atoms with Crippen molar-refractivity contribution in [2.75, 3.05) is 14.2 Å². The molecule has 0 radical (unpaired) electrons. The predicted octanol–water partition coefficient (Wildman–Crippen LogP) is 0.686. The fourth-order valence-electron chi connectivity index (χ4n) is 1.32. The fraction of sp³-hybridized carbons (Fsp3) is 0.750. The molecule has 0 saturated carbocycles. The number of ether oxygens (including phenoxy) is 2. The molecule has 1 aliphatic rings. The smallest absolute Gasteiger partial charge is 0.179 e. The second-order valence-corrected chi connectivity index (χ2v) is 2.65. The van der Waals surface area contributed by atoms with Crippen molar-refractivity contribution in [1.82, 2.24) is 0 Å². The van der Waals surface area contributed by atoms with E-state index >= 15 is 0 Å². The third-order valence-corrected chi connectivity index (χ3v) is 1.87. The van der Waals surface area contributed by atoms with Crippen molar-refractivity contribution in [3.63, 3.8) is 0 Å². The van der Waals surface area contributed by atoms with E-state index in [1.807, 2.05) is 0 Å². The molecule has 0 heterocycles. The van der Waals surface area contributed by atoms with Crippen LogP contribution >= 0.6 is 0 Å². The Morgan fingerprint density at radius 2 is 2.18 bits per heavy atom. The highest BCUT2D eigenvalue weighted by Crippen LogP contribution is 2.22. The van der Waals surface area contributed by atoms with Crippen LogP contribution in [0.4, 0.5) is 0 Å². The van der Waals surface area contributed by atoms with E-state index in [1.54, 1.807) is 20.3 Å². The summed E-state index contributed by atoms with van der Waals surface area (Å²) in [4.78, 5) is 0. The van der Waals surface area contributed by atoms with Crippen LogP contribution < -0.4 is 0 Å². The lowest BCUT2D eigenvalue weighted by molar-refractivity contribution is -0.0760. The van der Waals surface area contributed by atoms with Crippen LogP contribution in [0.15, 0.2) is 11.6 Å². The molecule has 0 amide bonds. The molecule has 0 aromatic rings. The van der Waals surface area contributed by atoms with E-state index in [0.717, 1.165) is 18.4 Å². The molecule has 1 unspecified atom stereocenters. The maximum Gasteiger partial charge on any atom is 0.179 e. The zero-order valence-corrected chi connectivity index (χ0v) is 6.91. The van der Waals surface area contributed by atoms with Crippen LogP contribution in [0.1, 0.15) is 12.8 Å². The van der Waals surface area contributed by atoms with E-state index in [-0.39, 0.29) is 12.4 Å². The summed E-state index contributed by atoms with van der Waals surface area (Å²) in [5, 5.41) is 9.15. The summed E-state index contributed by atoms with van der Waals surface area (Å²) in [6, 6.07) is 0. The lowest BCUT2D eigenvalue weighted by Crippen LogP contribution is -2.14. The molecule has 0 aromatic carbocycles. The van der Waals surface area contributed by atoms with Gasteiger partial charge < -0.3 is 14.6 Å². The van der Waals surface area contributed by atoms with E-state index in [2.05, 4.69) is 0 Å². The molecule has 0 bridgehead atoms. The first-order valence-electron chi connectivity index (χ1n) is 3.72. The van der Waals surface area contributed by atoms with Gasteiger partial charge in [0, 0.05) is 14.2 Å². The van der Waals surface area contributed by atoms with Crippen molar-refractivity contribution < 1.29 is 14.6 Å². The van der Waals surface area contributed by atoms with Crippen LogP contribution in [0.25, 0.3) is 0 Å². The Balaban J connectivity index is 2.52. The number of hydrogen-bond donors (Lipinski definition) is 1. The van der Waals surface area contributed by atoms with Crippen LogP contribution in [-0.4, -0.2) is 31.7 Å². The lowest BCUT2D eigenvalue weighted by Gasteiger charge is -2.13. The van der Waals surface area contributed by atoms with E-state index in [0.29, 0.717) is 0 Å². The largest absolute Gasteiger partial charge is 0.389 e. The SMILES string of the molecule is COC(OC)C1=CC(O)CC1. The Morgan fingerprint density at radius 3 is 2.55 bits per heavy atom. The molecule has 64 valence electrons. The molecule has 11 heavy (non-hydrogen) atoms. The predicted molar refractivity (Wildman–Crippen MR) is 41.1 cm³/mol. The van der Waals surface area contributed by atoms with Crippen LogP contribution in [0.5, 0.6) is 0 Å². The van der Waals surface area contributed by atoms with Crippen LogP contribution in [0.3, 0.4) is 0 Å². The van der Waals surface area contributed by atoms with E-state index < -0.39 is 0 Å². The molecule has 3 heteroatoms. The summed E-state index contributed by atoms with van der Waals surface area (Å²) in [7, 11) is 3.19. The molecule has 1 aliphatic carbocycles. The van der Waals surface area contributed by atoms with Gasteiger partial charge in [-0.15, -0.1) is 0 Å². The van der Waals surface area contributed by atoms with Crippen molar-refractivity contribution in [3.8, 4) is 0 Å². The van der Waals surface area contributed by atoms with Gasteiger partial charge >= 0.3 is 0 Å². The standard InChI is InChI=1S/C8H14O3/c1-10-8(11-2)6-3-4-7(9)5-6/h5,7-9H,3-4H2,1-2H3. The Kier molecular flexibility index (Phi) is 3.05. The number of rotatable bonds is 3. The van der Waals surface area contributed by atoms with Gasteiger partial charge in [-0.25, -0.2) is 0 Å². The average molecular weight is 158 g/mol. The van der Waals surface area contributed by atoms with Crippen molar-refractivity contribution in [3.05, 3.63) is 11.6 Å². The summed E-state index contributed by atoms with van der Waals surface area (Å²) in [5.74, 6) is 0. The first kappa shape index (κ1) is 8.71. The third kappa shape index (κ3) is 2.02. The van der Waals surface area contributed by atoms with Crippen LogP contribution in [0.2, 0.25) is 0 Å². The molecule has 0 fully saturated rings. The van der Waals surface area contributed by atoms with Gasteiger partial charge in [0.15, 0.2) is 6.29 Å². The van der Waals surface area contributed by atoms with Crippen molar-refractivity contribution >= 4 is 0 Å². The third-order valence-electron chi connectivity index (χ3n) is 1.87. The number of aliphatic hydroxyl groups is 1. The lowest BCUT2D eigenvalue weighted by atomic mass is 10.2. The van der Waals surface area contributed by atoms with Gasteiger partial charge in [0.1, 0.15) is 0 Å². The molecule has 1 N–H and O–H groups in total. The molecule has 0 aromatic heterocycles. The Morgan fingerprint density at radius 1 is 1.55 bits per heavy atom. The van der Waals surface area contributed by atoms with Gasteiger partial charge in [-0.3, -0.25) is 0 Å². The van der Waals surface area contributed by atoms with Gasteiger partial charge in [0.25, 0.3) is 0 Å². The Bertz CT molecular complexity index is 149. The molecule has 0 spiro atoms. The van der Waals surface area contributed by atoms with Crippen LogP contribution in [0, 0.1) is 0 Å². The summed E-state index contributed by atoms with van der Waals surface area (Å²) < 4.78 is 10.1. The monoisotopic (exact) mass is 158 g/mol. The highest BCUT2D eigenvalue weighted by Gasteiger charge is 2.20. The minimum absolute atomic E-state index is 0.271. The average Bonchev–Trinajstić information content (AvgIpc) is 2.39.